The summed E-state index contributed by atoms with van der Waals surface area (Å²) < 4.78 is 39.3. The number of nitrogens with zero attached hydrogens (tertiary/aromatic N) is 2. The molecule has 1 aliphatic rings. The van der Waals surface area contributed by atoms with Gasteiger partial charge in [-0.1, -0.05) is 51.5 Å². The van der Waals surface area contributed by atoms with Gasteiger partial charge < -0.3 is 18.9 Å². The topological polar surface area (TPSA) is 88.4 Å². The summed E-state index contributed by atoms with van der Waals surface area (Å²) >= 11 is 4.72. The Bertz CT molecular complexity index is 1950. The van der Waals surface area contributed by atoms with Gasteiger partial charge in [0.15, 0.2) is 16.3 Å². The summed E-state index contributed by atoms with van der Waals surface area (Å²) in [7, 11) is 3.05. The number of hydrogen-bond donors (Lipinski definition) is 0. The number of esters is 1. The van der Waals surface area contributed by atoms with E-state index in [0.717, 1.165) is 4.47 Å². The average molecular weight is 682 g/mol. The number of methoxy groups -OCH3 is 2. The smallest absolute Gasteiger partial charge is 0.338 e. The molecule has 1 aromatic heterocycles. The highest BCUT2D eigenvalue weighted by molar-refractivity contribution is 9.10. The van der Waals surface area contributed by atoms with Crippen LogP contribution in [0.5, 0.6) is 17.2 Å². The highest BCUT2D eigenvalue weighted by Gasteiger charge is 2.35. The summed E-state index contributed by atoms with van der Waals surface area (Å²) in [5.74, 6) is 0.452. The molecule has 3 aromatic carbocycles. The second kappa shape index (κ2) is 13.2. The van der Waals surface area contributed by atoms with Gasteiger partial charge in [-0.25, -0.2) is 14.2 Å². The Labute approximate surface area is 265 Å². The number of fused-ring (bicyclic) bond motifs is 1. The number of halogens is 2. The van der Waals surface area contributed by atoms with Crippen LogP contribution in [0.25, 0.3) is 6.08 Å². The molecular formula is C33H30BrFN2O6S. The molecule has 0 saturated carbocycles. The van der Waals surface area contributed by atoms with Crippen LogP contribution in [0.2, 0.25) is 0 Å². The fraction of sp³-hybridized carbons (Fsp3) is 0.242. The van der Waals surface area contributed by atoms with Crippen LogP contribution in [0.3, 0.4) is 0 Å². The Morgan fingerprint density at radius 1 is 1.07 bits per heavy atom. The van der Waals surface area contributed by atoms with Crippen LogP contribution < -0.4 is 29.1 Å². The second-order valence-corrected chi connectivity index (χ2v) is 12.1. The molecule has 1 atom stereocenters. The van der Waals surface area contributed by atoms with E-state index in [1.807, 2.05) is 12.1 Å². The SMILES string of the molecule is COc1cc(/C=c2\sc3n(c2=O)[C@@H](c2cc(Br)ccc2OC)C(C(=O)OC(C)C)=C(C)N=3)ccc1OCc1ccccc1F. The molecule has 0 spiro atoms. The molecule has 1 aliphatic heterocycles. The number of benzene rings is 3. The van der Waals surface area contributed by atoms with Crippen LogP contribution in [-0.4, -0.2) is 30.9 Å². The van der Waals surface area contributed by atoms with Gasteiger partial charge in [0, 0.05) is 15.6 Å². The summed E-state index contributed by atoms with van der Waals surface area (Å²) in [5, 5.41) is 0. The number of hydrogen-bond acceptors (Lipinski definition) is 8. The van der Waals surface area contributed by atoms with Crippen LogP contribution in [0.4, 0.5) is 4.39 Å². The number of allylic oxidation sites excluding steroid dienone is 1. The van der Waals surface area contributed by atoms with E-state index in [1.165, 1.54) is 36.2 Å². The standard InChI is InChI=1S/C33H30BrFN2O6S/c1-18(2)43-32(39)29-19(3)36-33-37(30(29)23-16-22(34)11-13-25(23)40-4)31(38)28(44-33)15-20-10-12-26(27(14-20)41-5)42-17-21-8-6-7-9-24(21)35/h6-16,18,30H,17H2,1-5H3/b28-15-/t30-/m0/s1. The lowest BCUT2D eigenvalue weighted by molar-refractivity contribution is -0.143. The minimum atomic E-state index is -0.837. The first-order valence-electron chi connectivity index (χ1n) is 13.7. The summed E-state index contributed by atoms with van der Waals surface area (Å²) in [4.78, 5) is 32.6. The summed E-state index contributed by atoms with van der Waals surface area (Å²) in [5.41, 5.74) is 2.08. The van der Waals surface area contributed by atoms with E-state index in [0.29, 0.717) is 49.0 Å². The maximum Gasteiger partial charge on any atom is 0.338 e. The molecule has 0 saturated heterocycles. The summed E-state index contributed by atoms with van der Waals surface area (Å²) in [6.07, 6.45) is 1.36. The molecule has 0 aliphatic carbocycles. The molecule has 0 fully saturated rings. The number of carbonyl (C=O) groups is 1. The zero-order valence-corrected chi connectivity index (χ0v) is 27.1. The molecule has 0 amide bonds. The molecule has 2 heterocycles. The largest absolute Gasteiger partial charge is 0.496 e. The van der Waals surface area contributed by atoms with E-state index in [4.69, 9.17) is 18.9 Å². The number of thiazole rings is 1. The van der Waals surface area contributed by atoms with Gasteiger partial charge in [-0.05, 0) is 68.8 Å². The van der Waals surface area contributed by atoms with Crippen LogP contribution in [0.1, 0.15) is 43.5 Å². The Morgan fingerprint density at radius 2 is 1.80 bits per heavy atom. The predicted octanol–water partition coefficient (Wildman–Crippen LogP) is 5.68. The van der Waals surface area contributed by atoms with Crippen molar-refractivity contribution >= 4 is 39.3 Å². The van der Waals surface area contributed by atoms with Crippen LogP contribution in [0.15, 0.2) is 86.2 Å². The molecule has 4 aromatic rings. The van der Waals surface area contributed by atoms with Crippen molar-refractivity contribution in [3.63, 3.8) is 0 Å². The predicted molar refractivity (Wildman–Crippen MR) is 169 cm³/mol. The van der Waals surface area contributed by atoms with E-state index >= 15 is 0 Å². The molecule has 44 heavy (non-hydrogen) atoms. The molecule has 0 radical (unpaired) electrons. The monoisotopic (exact) mass is 680 g/mol. The fourth-order valence-electron chi connectivity index (χ4n) is 4.89. The van der Waals surface area contributed by atoms with Gasteiger partial charge in [-0.15, -0.1) is 0 Å². The van der Waals surface area contributed by atoms with Gasteiger partial charge in [0.2, 0.25) is 0 Å². The minimum Gasteiger partial charge on any atom is -0.496 e. The first-order chi connectivity index (χ1) is 21.1. The quantitative estimate of drug-likeness (QED) is 0.211. The Balaban J connectivity index is 1.59. The van der Waals surface area contributed by atoms with Gasteiger partial charge in [-0.3, -0.25) is 9.36 Å². The van der Waals surface area contributed by atoms with Crippen molar-refractivity contribution in [3.05, 3.63) is 119 Å². The van der Waals surface area contributed by atoms with Crippen molar-refractivity contribution in [2.75, 3.05) is 14.2 Å². The van der Waals surface area contributed by atoms with Crippen molar-refractivity contribution in [2.24, 2.45) is 4.99 Å². The van der Waals surface area contributed by atoms with Gasteiger partial charge in [0.1, 0.15) is 24.2 Å². The first-order valence-corrected chi connectivity index (χ1v) is 15.3. The lowest BCUT2D eigenvalue weighted by Crippen LogP contribution is -2.40. The van der Waals surface area contributed by atoms with Crippen molar-refractivity contribution in [3.8, 4) is 17.2 Å². The third kappa shape index (κ3) is 6.34. The summed E-state index contributed by atoms with van der Waals surface area (Å²) in [6.45, 7) is 5.29. The van der Waals surface area contributed by atoms with E-state index in [2.05, 4.69) is 20.9 Å². The molecule has 0 N–H and O–H groups in total. The molecule has 0 unspecified atom stereocenters. The van der Waals surface area contributed by atoms with Gasteiger partial charge in [0.05, 0.1) is 36.1 Å². The number of aromatic nitrogens is 1. The lowest BCUT2D eigenvalue weighted by Gasteiger charge is -2.26. The Hall–Kier alpha value is -4.22. The first kappa shape index (κ1) is 31.2. The third-order valence-electron chi connectivity index (χ3n) is 6.90. The molecule has 11 heteroatoms. The van der Waals surface area contributed by atoms with Crippen molar-refractivity contribution in [1.82, 2.24) is 4.57 Å². The average Bonchev–Trinajstić information content (AvgIpc) is 3.29. The maximum atomic E-state index is 14.1. The molecule has 8 nitrogen and oxygen atoms in total. The highest BCUT2D eigenvalue weighted by atomic mass is 79.9. The zero-order chi connectivity index (χ0) is 31.5. The minimum absolute atomic E-state index is 0.0287. The van der Waals surface area contributed by atoms with Crippen LogP contribution in [-0.2, 0) is 16.1 Å². The van der Waals surface area contributed by atoms with Gasteiger partial charge in [0.25, 0.3) is 5.56 Å². The van der Waals surface area contributed by atoms with Crippen molar-refractivity contribution in [1.29, 1.82) is 0 Å². The Kier molecular flexibility index (Phi) is 9.36. The molecular weight excluding hydrogens is 651 g/mol. The number of ether oxygens (including phenoxy) is 4. The van der Waals surface area contributed by atoms with Crippen molar-refractivity contribution < 1.29 is 28.1 Å². The van der Waals surface area contributed by atoms with E-state index in [1.54, 1.807) is 69.3 Å². The summed E-state index contributed by atoms with van der Waals surface area (Å²) in [6, 6.07) is 16.2. The van der Waals surface area contributed by atoms with Crippen LogP contribution in [0, 0.1) is 5.82 Å². The lowest BCUT2D eigenvalue weighted by atomic mass is 9.95. The normalized spacial score (nSPS) is 14.7. The maximum absolute atomic E-state index is 14.1. The van der Waals surface area contributed by atoms with E-state index in [-0.39, 0.29) is 29.7 Å². The van der Waals surface area contributed by atoms with Crippen molar-refractivity contribution in [2.45, 2.75) is 39.5 Å². The molecule has 228 valence electrons. The zero-order valence-electron chi connectivity index (χ0n) is 24.7. The van der Waals surface area contributed by atoms with Gasteiger partial charge in [-0.2, -0.15) is 0 Å². The Morgan fingerprint density at radius 3 is 2.50 bits per heavy atom. The van der Waals surface area contributed by atoms with E-state index in [9.17, 15) is 14.0 Å². The van der Waals surface area contributed by atoms with E-state index < -0.39 is 12.0 Å². The molecule has 0 bridgehead atoms. The number of rotatable bonds is 9. The second-order valence-electron chi connectivity index (χ2n) is 10.2. The third-order valence-corrected chi connectivity index (χ3v) is 8.37. The van der Waals surface area contributed by atoms with Gasteiger partial charge >= 0.3 is 5.97 Å². The molecule has 5 rings (SSSR count). The fourth-order valence-corrected chi connectivity index (χ4v) is 6.31. The number of carbonyl (C=O) groups excluding carboxylic acids is 1. The van der Waals surface area contributed by atoms with Crippen LogP contribution >= 0.6 is 27.3 Å². The highest BCUT2D eigenvalue weighted by Crippen LogP contribution is 2.37.